The molecule has 1 fully saturated rings. The second kappa shape index (κ2) is 8.57. The number of nitrogens with zero attached hydrogens (tertiary/aromatic N) is 1. The van der Waals surface area contributed by atoms with Crippen LogP contribution in [0, 0.1) is 12.8 Å². The number of phenols is 2. The molecule has 1 saturated heterocycles. The number of anilines is 1. The van der Waals surface area contributed by atoms with E-state index in [1.807, 2.05) is 43.1 Å². The summed E-state index contributed by atoms with van der Waals surface area (Å²) < 4.78 is 11.1. The van der Waals surface area contributed by atoms with Crippen LogP contribution < -0.4 is 14.8 Å². The molecule has 8 nitrogen and oxygen atoms in total. The third-order valence-electron chi connectivity index (χ3n) is 7.48. The van der Waals surface area contributed by atoms with Crippen molar-refractivity contribution in [3.05, 3.63) is 76.9 Å². The first kappa shape index (κ1) is 23.7. The monoisotopic (exact) mass is 488 g/mol. The highest BCUT2D eigenvalue weighted by Crippen LogP contribution is 2.57. The van der Waals surface area contributed by atoms with Gasteiger partial charge in [0.2, 0.25) is 5.91 Å². The number of nitrogens with one attached hydrogen (secondary N) is 1. The number of amides is 1. The molecule has 36 heavy (non-hydrogen) atoms. The molecule has 1 unspecified atom stereocenters. The largest absolute Gasteiger partial charge is 0.504 e. The number of phenolic OH excluding ortho intramolecular Hbond substituents is 2. The van der Waals surface area contributed by atoms with Gasteiger partial charge in [0.25, 0.3) is 0 Å². The number of aromatic hydroxyl groups is 2. The van der Waals surface area contributed by atoms with Gasteiger partial charge < -0.3 is 25.0 Å². The number of Topliss-reactive ketones (excluding diaryl/α,β-unsaturated/α-hetero) is 1. The van der Waals surface area contributed by atoms with Gasteiger partial charge in [0.15, 0.2) is 17.3 Å². The van der Waals surface area contributed by atoms with Crippen LogP contribution >= 0.6 is 0 Å². The Morgan fingerprint density at radius 1 is 1.03 bits per heavy atom. The van der Waals surface area contributed by atoms with Crippen molar-refractivity contribution in [3.63, 3.8) is 0 Å². The zero-order valence-electron chi connectivity index (χ0n) is 20.5. The van der Waals surface area contributed by atoms with E-state index >= 15 is 0 Å². The van der Waals surface area contributed by atoms with E-state index in [0.717, 1.165) is 16.7 Å². The first-order valence-corrected chi connectivity index (χ1v) is 11.6. The number of carbonyl (C=O) groups is 2. The summed E-state index contributed by atoms with van der Waals surface area (Å²) >= 11 is 0. The van der Waals surface area contributed by atoms with Crippen molar-refractivity contribution in [2.75, 3.05) is 33.1 Å². The number of rotatable bonds is 5. The minimum atomic E-state index is -1.29. The summed E-state index contributed by atoms with van der Waals surface area (Å²) in [5, 5.41) is 23.0. The van der Waals surface area contributed by atoms with E-state index in [-0.39, 0.29) is 23.0 Å². The number of fused-ring (bicyclic) bond motifs is 2. The number of likely N-dealkylation sites (tertiary alicyclic amines) is 1. The number of ether oxygens (including phenoxy) is 2. The van der Waals surface area contributed by atoms with Crippen LogP contribution in [0.25, 0.3) is 0 Å². The van der Waals surface area contributed by atoms with Crippen molar-refractivity contribution < 1.29 is 29.3 Å². The summed E-state index contributed by atoms with van der Waals surface area (Å²) in [5.74, 6) is -1.45. The fourth-order valence-electron chi connectivity index (χ4n) is 5.82. The van der Waals surface area contributed by atoms with Crippen LogP contribution in [0.15, 0.2) is 54.6 Å². The highest BCUT2D eigenvalue weighted by Gasteiger charge is 2.64. The summed E-state index contributed by atoms with van der Waals surface area (Å²) in [5.41, 5.74) is 2.03. The molecule has 2 aliphatic rings. The fourth-order valence-corrected chi connectivity index (χ4v) is 5.82. The molecule has 8 heteroatoms. The molecule has 1 spiro atoms. The van der Waals surface area contributed by atoms with Crippen LogP contribution in [0.2, 0.25) is 0 Å². The minimum absolute atomic E-state index is 0.200. The quantitative estimate of drug-likeness (QED) is 0.370. The number of benzene rings is 3. The number of hydrogen-bond acceptors (Lipinski definition) is 7. The summed E-state index contributed by atoms with van der Waals surface area (Å²) in [6.07, 6.45) is 0. The van der Waals surface area contributed by atoms with Crippen molar-refractivity contribution in [2.45, 2.75) is 18.4 Å². The van der Waals surface area contributed by atoms with E-state index in [1.54, 1.807) is 26.4 Å². The predicted molar refractivity (Wildman–Crippen MR) is 134 cm³/mol. The molecule has 3 aromatic carbocycles. The molecule has 2 heterocycles. The van der Waals surface area contributed by atoms with Gasteiger partial charge in [0.1, 0.15) is 17.0 Å². The lowest BCUT2D eigenvalue weighted by atomic mass is 9.70. The first-order chi connectivity index (χ1) is 17.2. The average molecular weight is 489 g/mol. The zero-order chi connectivity index (χ0) is 25.8. The van der Waals surface area contributed by atoms with Gasteiger partial charge in [-0.3, -0.25) is 14.5 Å². The topological polar surface area (TPSA) is 108 Å². The summed E-state index contributed by atoms with van der Waals surface area (Å²) in [4.78, 5) is 30.1. The lowest BCUT2D eigenvalue weighted by Crippen LogP contribution is -2.51. The van der Waals surface area contributed by atoms with Gasteiger partial charge >= 0.3 is 0 Å². The molecule has 3 atom stereocenters. The van der Waals surface area contributed by atoms with E-state index in [0.29, 0.717) is 23.7 Å². The van der Waals surface area contributed by atoms with Crippen molar-refractivity contribution in [3.8, 4) is 23.0 Å². The van der Waals surface area contributed by atoms with Gasteiger partial charge in [-0.15, -0.1) is 0 Å². The molecule has 2 aliphatic heterocycles. The Bertz CT molecular complexity index is 1390. The summed E-state index contributed by atoms with van der Waals surface area (Å²) in [6, 6.07) is 15.1. The van der Waals surface area contributed by atoms with E-state index < -0.39 is 23.1 Å². The minimum Gasteiger partial charge on any atom is -0.504 e. The fraction of sp³-hybridized carbons (Fsp3) is 0.286. The van der Waals surface area contributed by atoms with Gasteiger partial charge in [0, 0.05) is 34.8 Å². The molecule has 0 aromatic heterocycles. The maximum Gasteiger partial charge on any atom is 0.250 e. The molecular weight excluding hydrogens is 460 g/mol. The maximum absolute atomic E-state index is 14.3. The van der Waals surface area contributed by atoms with Gasteiger partial charge in [-0.05, 0) is 56.4 Å². The molecule has 0 radical (unpaired) electrons. The second-order valence-corrected chi connectivity index (χ2v) is 9.41. The maximum atomic E-state index is 14.3. The van der Waals surface area contributed by atoms with Gasteiger partial charge in [-0.2, -0.15) is 0 Å². The lowest BCUT2D eigenvalue weighted by molar-refractivity contribution is -0.126. The smallest absolute Gasteiger partial charge is 0.250 e. The number of hydrogen-bond donors (Lipinski definition) is 3. The molecular formula is C28H28N2O6. The molecule has 5 rings (SSSR count). The predicted octanol–water partition coefficient (Wildman–Crippen LogP) is 3.80. The summed E-state index contributed by atoms with van der Waals surface area (Å²) in [7, 11) is 4.98. The Balaban J connectivity index is 1.77. The first-order valence-electron chi connectivity index (χ1n) is 11.6. The van der Waals surface area contributed by atoms with Crippen LogP contribution in [0.3, 0.4) is 0 Å². The van der Waals surface area contributed by atoms with Crippen LogP contribution in [-0.2, 0) is 10.3 Å². The second-order valence-electron chi connectivity index (χ2n) is 9.41. The zero-order valence-corrected chi connectivity index (χ0v) is 20.5. The van der Waals surface area contributed by atoms with Gasteiger partial charge in [-0.1, -0.05) is 17.7 Å². The normalized spacial score (nSPS) is 22.9. The molecule has 3 aromatic rings. The number of aryl methyl sites for hydroxylation is 1. The van der Waals surface area contributed by atoms with Gasteiger partial charge in [0.05, 0.1) is 20.1 Å². The standard InChI is InChI=1S/C28H28N2O6/c1-15-5-8-21-20(11-15)28(27(34)29-21)25(26(33)16-6-9-22(31)23(32)12-16)19(14-30(28)2)18-13-17(35-3)7-10-24(18)36-4/h5-13,19,25,31-32H,14H2,1-4H3,(H,29,34)/t19-,25-,28?/m1/s1. The Hall–Kier alpha value is -4.04. The van der Waals surface area contributed by atoms with E-state index in [2.05, 4.69) is 5.32 Å². The molecule has 0 bridgehead atoms. The summed E-state index contributed by atoms with van der Waals surface area (Å²) in [6.45, 7) is 2.34. The van der Waals surface area contributed by atoms with Gasteiger partial charge in [-0.25, -0.2) is 0 Å². The van der Waals surface area contributed by atoms with E-state index in [1.165, 1.54) is 18.2 Å². The Morgan fingerprint density at radius 2 is 1.81 bits per heavy atom. The Labute approximate surface area is 209 Å². The van der Waals surface area contributed by atoms with E-state index in [4.69, 9.17) is 9.47 Å². The molecule has 186 valence electrons. The lowest BCUT2D eigenvalue weighted by Gasteiger charge is -2.35. The van der Waals surface area contributed by atoms with Crippen molar-refractivity contribution >= 4 is 17.4 Å². The highest BCUT2D eigenvalue weighted by atomic mass is 16.5. The van der Waals surface area contributed by atoms with Crippen molar-refractivity contribution in [1.82, 2.24) is 4.90 Å². The number of methoxy groups -OCH3 is 2. The average Bonchev–Trinajstić information content (AvgIpc) is 3.34. The van der Waals surface area contributed by atoms with Crippen LogP contribution in [0.4, 0.5) is 5.69 Å². The van der Waals surface area contributed by atoms with Crippen molar-refractivity contribution in [1.29, 1.82) is 0 Å². The van der Waals surface area contributed by atoms with Crippen LogP contribution in [-0.4, -0.2) is 54.6 Å². The number of ketones is 1. The van der Waals surface area contributed by atoms with Crippen LogP contribution in [0.5, 0.6) is 23.0 Å². The number of likely N-dealkylation sites (N-methyl/N-ethyl adjacent to an activating group) is 1. The Morgan fingerprint density at radius 3 is 2.50 bits per heavy atom. The third kappa shape index (κ3) is 3.32. The molecule has 3 N–H and O–H groups in total. The third-order valence-corrected chi connectivity index (χ3v) is 7.48. The van der Waals surface area contributed by atoms with Crippen LogP contribution in [0.1, 0.15) is 33.0 Å². The Kier molecular flexibility index (Phi) is 5.64. The number of carbonyl (C=O) groups excluding carboxylic acids is 2. The molecule has 0 saturated carbocycles. The SMILES string of the molecule is COc1ccc(OC)c([C@H]2CN(C)C3(C(=O)Nc4ccc(C)cc43)[C@H]2C(=O)c2ccc(O)c(O)c2)c1. The highest BCUT2D eigenvalue weighted by molar-refractivity contribution is 6.12. The van der Waals surface area contributed by atoms with E-state index in [9.17, 15) is 19.8 Å². The molecule has 1 amide bonds. The molecule has 0 aliphatic carbocycles. The van der Waals surface area contributed by atoms with Crippen molar-refractivity contribution in [2.24, 2.45) is 5.92 Å².